The predicted molar refractivity (Wildman–Crippen MR) is 96.5 cm³/mol. The SMILES string of the molecule is CCc1ccc(OCCC2CCN(C(=O)OC(C)(C)C)CC2)cc1. The maximum Gasteiger partial charge on any atom is 0.410 e. The fourth-order valence-corrected chi connectivity index (χ4v) is 2.90. The van der Waals surface area contributed by atoms with Crippen LogP contribution in [0.4, 0.5) is 4.79 Å². The second-order valence-electron chi connectivity index (χ2n) is 7.55. The second-order valence-corrected chi connectivity index (χ2v) is 7.55. The van der Waals surface area contributed by atoms with Crippen LogP contribution in [0.15, 0.2) is 24.3 Å². The number of benzene rings is 1. The molecule has 0 N–H and O–H groups in total. The van der Waals surface area contributed by atoms with Crippen molar-refractivity contribution in [2.45, 2.75) is 59.0 Å². The van der Waals surface area contributed by atoms with Crippen molar-refractivity contribution < 1.29 is 14.3 Å². The van der Waals surface area contributed by atoms with Crippen LogP contribution in [0.3, 0.4) is 0 Å². The van der Waals surface area contributed by atoms with Gasteiger partial charge in [0.1, 0.15) is 11.4 Å². The molecule has 1 fully saturated rings. The Labute approximate surface area is 146 Å². The van der Waals surface area contributed by atoms with E-state index in [1.165, 1.54) is 5.56 Å². The van der Waals surface area contributed by atoms with Crippen molar-refractivity contribution in [2.75, 3.05) is 19.7 Å². The summed E-state index contributed by atoms with van der Waals surface area (Å²) in [6.45, 7) is 10.2. The zero-order valence-electron chi connectivity index (χ0n) is 15.5. The molecule has 1 aliphatic heterocycles. The second kappa shape index (κ2) is 8.41. The predicted octanol–water partition coefficient (Wildman–Crippen LogP) is 4.67. The minimum atomic E-state index is -0.422. The summed E-state index contributed by atoms with van der Waals surface area (Å²) >= 11 is 0. The van der Waals surface area contributed by atoms with Gasteiger partial charge in [-0.2, -0.15) is 0 Å². The lowest BCUT2D eigenvalue weighted by Crippen LogP contribution is -2.41. The quantitative estimate of drug-likeness (QED) is 0.786. The molecule has 0 atom stereocenters. The number of likely N-dealkylation sites (tertiary alicyclic amines) is 1. The van der Waals surface area contributed by atoms with Crippen LogP contribution >= 0.6 is 0 Å². The molecule has 0 aliphatic carbocycles. The van der Waals surface area contributed by atoms with Crippen molar-refractivity contribution in [3.05, 3.63) is 29.8 Å². The molecule has 2 rings (SSSR count). The molecule has 0 bridgehead atoms. The van der Waals surface area contributed by atoms with E-state index in [1.807, 2.05) is 37.8 Å². The van der Waals surface area contributed by atoms with Crippen LogP contribution in [-0.4, -0.2) is 36.3 Å². The number of amides is 1. The van der Waals surface area contributed by atoms with Crippen molar-refractivity contribution in [3.8, 4) is 5.75 Å². The Morgan fingerprint density at radius 3 is 2.33 bits per heavy atom. The van der Waals surface area contributed by atoms with E-state index in [4.69, 9.17) is 9.47 Å². The van der Waals surface area contributed by atoms with Gasteiger partial charge in [-0.25, -0.2) is 4.79 Å². The number of hydrogen-bond acceptors (Lipinski definition) is 3. The van der Waals surface area contributed by atoms with Gasteiger partial charge in [-0.1, -0.05) is 19.1 Å². The topological polar surface area (TPSA) is 38.8 Å². The fourth-order valence-electron chi connectivity index (χ4n) is 2.90. The van der Waals surface area contributed by atoms with Gasteiger partial charge in [0.2, 0.25) is 0 Å². The van der Waals surface area contributed by atoms with Gasteiger partial charge in [-0.15, -0.1) is 0 Å². The minimum absolute atomic E-state index is 0.187. The maximum absolute atomic E-state index is 12.1. The third-order valence-corrected chi connectivity index (χ3v) is 4.39. The summed E-state index contributed by atoms with van der Waals surface area (Å²) in [5.74, 6) is 1.57. The highest BCUT2D eigenvalue weighted by atomic mass is 16.6. The first-order chi connectivity index (χ1) is 11.4. The highest BCUT2D eigenvalue weighted by Gasteiger charge is 2.26. The summed E-state index contributed by atoms with van der Waals surface area (Å²) in [5.41, 5.74) is 0.909. The minimum Gasteiger partial charge on any atom is -0.494 e. The first kappa shape index (κ1) is 18.6. The van der Waals surface area contributed by atoms with E-state index >= 15 is 0 Å². The standard InChI is InChI=1S/C20H31NO3/c1-5-16-6-8-18(9-7-16)23-15-12-17-10-13-21(14-11-17)19(22)24-20(2,3)4/h6-9,17H,5,10-15H2,1-4H3. The molecule has 0 unspecified atom stereocenters. The van der Waals surface area contributed by atoms with Gasteiger partial charge in [-0.05, 0) is 70.1 Å². The molecular weight excluding hydrogens is 302 g/mol. The fraction of sp³-hybridized carbons (Fsp3) is 0.650. The molecule has 0 radical (unpaired) electrons. The van der Waals surface area contributed by atoms with Crippen LogP contribution in [0.2, 0.25) is 0 Å². The summed E-state index contributed by atoms with van der Waals surface area (Å²) in [5, 5.41) is 0. The van der Waals surface area contributed by atoms with Gasteiger partial charge in [-0.3, -0.25) is 0 Å². The molecule has 0 saturated carbocycles. The molecule has 1 aromatic rings. The molecule has 0 spiro atoms. The molecule has 1 heterocycles. The van der Waals surface area contributed by atoms with Crippen molar-refractivity contribution in [2.24, 2.45) is 5.92 Å². The maximum atomic E-state index is 12.1. The van der Waals surface area contributed by atoms with Gasteiger partial charge >= 0.3 is 6.09 Å². The Bertz CT molecular complexity index is 511. The number of ether oxygens (including phenoxy) is 2. The van der Waals surface area contributed by atoms with Crippen molar-refractivity contribution >= 4 is 6.09 Å². The van der Waals surface area contributed by atoms with Crippen LogP contribution in [0.25, 0.3) is 0 Å². The lowest BCUT2D eigenvalue weighted by Gasteiger charge is -2.33. The summed E-state index contributed by atoms with van der Waals surface area (Å²) in [6.07, 6.45) is 3.95. The lowest BCUT2D eigenvalue weighted by atomic mass is 9.94. The molecule has 134 valence electrons. The molecule has 1 saturated heterocycles. The monoisotopic (exact) mass is 333 g/mol. The van der Waals surface area contributed by atoms with E-state index in [9.17, 15) is 4.79 Å². The number of rotatable bonds is 5. The zero-order chi connectivity index (χ0) is 17.6. The Morgan fingerprint density at radius 1 is 1.17 bits per heavy atom. The molecule has 0 aromatic heterocycles. The third-order valence-electron chi connectivity index (χ3n) is 4.39. The third kappa shape index (κ3) is 6.06. The highest BCUT2D eigenvalue weighted by Crippen LogP contribution is 2.23. The number of piperidine rings is 1. The van der Waals surface area contributed by atoms with E-state index in [0.29, 0.717) is 5.92 Å². The number of carbonyl (C=O) groups excluding carboxylic acids is 1. The lowest BCUT2D eigenvalue weighted by molar-refractivity contribution is 0.0177. The van der Waals surface area contributed by atoms with Crippen molar-refractivity contribution in [3.63, 3.8) is 0 Å². The van der Waals surface area contributed by atoms with E-state index in [2.05, 4.69) is 19.1 Å². The van der Waals surface area contributed by atoms with Crippen LogP contribution in [-0.2, 0) is 11.2 Å². The Morgan fingerprint density at radius 2 is 1.79 bits per heavy atom. The van der Waals surface area contributed by atoms with Crippen LogP contribution in [0, 0.1) is 5.92 Å². The number of carbonyl (C=O) groups is 1. The Kier molecular flexibility index (Phi) is 6.52. The normalized spacial score (nSPS) is 16.1. The molecular formula is C20H31NO3. The highest BCUT2D eigenvalue weighted by molar-refractivity contribution is 5.68. The van der Waals surface area contributed by atoms with Crippen LogP contribution in [0.1, 0.15) is 52.5 Å². The largest absolute Gasteiger partial charge is 0.494 e. The molecule has 4 heteroatoms. The summed E-state index contributed by atoms with van der Waals surface area (Å²) in [7, 11) is 0. The first-order valence-electron chi connectivity index (χ1n) is 9.07. The first-order valence-corrected chi connectivity index (χ1v) is 9.07. The molecule has 24 heavy (non-hydrogen) atoms. The van der Waals surface area contributed by atoms with Gasteiger partial charge in [0.05, 0.1) is 6.61 Å². The van der Waals surface area contributed by atoms with Crippen molar-refractivity contribution in [1.82, 2.24) is 4.90 Å². The average Bonchev–Trinajstić information content (AvgIpc) is 2.54. The Balaban J connectivity index is 1.66. The van der Waals surface area contributed by atoms with E-state index in [0.717, 1.165) is 51.1 Å². The van der Waals surface area contributed by atoms with Crippen molar-refractivity contribution in [1.29, 1.82) is 0 Å². The molecule has 4 nitrogen and oxygen atoms in total. The molecule has 1 amide bonds. The van der Waals surface area contributed by atoms with Gasteiger partial charge < -0.3 is 14.4 Å². The van der Waals surface area contributed by atoms with Gasteiger partial charge in [0.15, 0.2) is 0 Å². The number of nitrogens with zero attached hydrogens (tertiary/aromatic N) is 1. The van der Waals surface area contributed by atoms with Gasteiger partial charge in [0.25, 0.3) is 0 Å². The smallest absolute Gasteiger partial charge is 0.410 e. The van der Waals surface area contributed by atoms with E-state index in [1.54, 1.807) is 0 Å². The summed E-state index contributed by atoms with van der Waals surface area (Å²) in [4.78, 5) is 13.9. The summed E-state index contributed by atoms with van der Waals surface area (Å²) in [6, 6.07) is 8.33. The zero-order valence-corrected chi connectivity index (χ0v) is 15.5. The van der Waals surface area contributed by atoms with E-state index in [-0.39, 0.29) is 6.09 Å². The summed E-state index contributed by atoms with van der Waals surface area (Å²) < 4.78 is 11.3. The number of hydrogen-bond donors (Lipinski definition) is 0. The molecule has 1 aliphatic rings. The van der Waals surface area contributed by atoms with E-state index < -0.39 is 5.60 Å². The molecule has 1 aromatic carbocycles. The average molecular weight is 333 g/mol. The Hall–Kier alpha value is -1.71. The number of aryl methyl sites for hydroxylation is 1. The van der Waals surface area contributed by atoms with Crippen LogP contribution < -0.4 is 4.74 Å². The van der Waals surface area contributed by atoms with Crippen LogP contribution in [0.5, 0.6) is 5.75 Å². The van der Waals surface area contributed by atoms with Gasteiger partial charge in [0, 0.05) is 13.1 Å².